The van der Waals surface area contributed by atoms with E-state index < -0.39 is 0 Å². The van der Waals surface area contributed by atoms with Crippen LogP contribution in [0.1, 0.15) is 29.3 Å². The van der Waals surface area contributed by atoms with Gasteiger partial charge in [-0.25, -0.2) is 4.79 Å². The van der Waals surface area contributed by atoms with Gasteiger partial charge < -0.3 is 19.5 Å². The summed E-state index contributed by atoms with van der Waals surface area (Å²) in [7, 11) is 0. The summed E-state index contributed by atoms with van der Waals surface area (Å²) in [4.78, 5) is 19.1. The molecule has 1 aliphatic rings. The summed E-state index contributed by atoms with van der Waals surface area (Å²) in [5.41, 5.74) is 2.37. The van der Waals surface area contributed by atoms with Gasteiger partial charge in [0.05, 0.1) is 36.8 Å². The molecule has 1 aliphatic heterocycles. The lowest BCUT2D eigenvalue weighted by Crippen LogP contribution is -2.37. The van der Waals surface area contributed by atoms with Crippen molar-refractivity contribution >= 4 is 35.2 Å². The van der Waals surface area contributed by atoms with Crippen LogP contribution in [-0.2, 0) is 9.47 Å². The number of aliphatic imine (C=N–C) groups is 1. The minimum atomic E-state index is -0.369. The van der Waals surface area contributed by atoms with Gasteiger partial charge in [-0.2, -0.15) is 0 Å². The molecule has 2 aromatic rings. The lowest BCUT2D eigenvalue weighted by atomic mass is 10.1. The molecule has 0 radical (unpaired) electrons. The molecular formula is C21H23ClN2O4. The number of rotatable bonds is 6. The van der Waals surface area contributed by atoms with Crippen molar-refractivity contribution in [3.63, 3.8) is 0 Å². The van der Waals surface area contributed by atoms with E-state index in [0.717, 1.165) is 12.1 Å². The molecule has 0 spiro atoms. The number of hydrogen-bond donors (Lipinski definition) is 1. The standard InChI is InChI=1S/C21H23ClN2O4/c1-2-9-28-21(26)18-13-17(4-5-19(18)24-7-10-27-11-8-24)23-14-15-12-16(22)3-6-20(15)25/h3-6,12-14,25H,2,7-11H2,1H3. The fourth-order valence-electron chi connectivity index (χ4n) is 2.89. The number of phenols is 1. The predicted octanol–water partition coefficient (Wildman–Crippen LogP) is 4.20. The molecule has 148 valence electrons. The van der Waals surface area contributed by atoms with Crippen molar-refractivity contribution in [1.29, 1.82) is 0 Å². The molecule has 1 saturated heterocycles. The number of ether oxygens (including phenoxy) is 2. The van der Waals surface area contributed by atoms with Gasteiger partial charge in [-0.05, 0) is 42.8 Å². The van der Waals surface area contributed by atoms with E-state index in [9.17, 15) is 9.90 Å². The Hall–Kier alpha value is -2.57. The molecular weight excluding hydrogens is 380 g/mol. The van der Waals surface area contributed by atoms with Crippen molar-refractivity contribution in [1.82, 2.24) is 0 Å². The number of carbonyl (C=O) groups is 1. The van der Waals surface area contributed by atoms with Gasteiger partial charge in [0.1, 0.15) is 5.75 Å². The Balaban J connectivity index is 1.90. The molecule has 2 aromatic carbocycles. The molecule has 0 atom stereocenters. The smallest absolute Gasteiger partial charge is 0.340 e. The predicted molar refractivity (Wildman–Crippen MR) is 110 cm³/mol. The first-order valence-electron chi connectivity index (χ1n) is 9.25. The van der Waals surface area contributed by atoms with Gasteiger partial charge in [0, 0.05) is 29.9 Å². The number of carbonyl (C=O) groups excluding carboxylic acids is 1. The minimum Gasteiger partial charge on any atom is -0.507 e. The van der Waals surface area contributed by atoms with Crippen molar-refractivity contribution in [2.45, 2.75) is 13.3 Å². The summed E-state index contributed by atoms with van der Waals surface area (Å²) in [5, 5.41) is 10.4. The maximum atomic E-state index is 12.6. The maximum absolute atomic E-state index is 12.6. The van der Waals surface area contributed by atoms with Crippen LogP contribution in [0.4, 0.5) is 11.4 Å². The summed E-state index contributed by atoms with van der Waals surface area (Å²) in [5.74, 6) is -0.285. The van der Waals surface area contributed by atoms with Gasteiger partial charge in [-0.15, -0.1) is 0 Å². The van der Waals surface area contributed by atoms with Crippen LogP contribution in [0.15, 0.2) is 41.4 Å². The summed E-state index contributed by atoms with van der Waals surface area (Å²) in [6.07, 6.45) is 2.27. The summed E-state index contributed by atoms with van der Waals surface area (Å²) >= 11 is 5.97. The third kappa shape index (κ3) is 5.03. The molecule has 7 heteroatoms. The van der Waals surface area contributed by atoms with Gasteiger partial charge in [0.25, 0.3) is 0 Å². The first-order chi connectivity index (χ1) is 13.6. The molecule has 0 bridgehead atoms. The Morgan fingerprint density at radius 1 is 1.29 bits per heavy atom. The second kappa shape index (κ2) is 9.57. The monoisotopic (exact) mass is 402 g/mol. The molecule has 0 saturated carbocycles. The molecule has 0 unspecified atom stereocenters. The topological polar surface area (TPSA) is 71.4 Å². The fraction of sp³-hybridized carbons (Fsp3) is 0.333. The highest BCUT2D eigenvalue weighted by Gasteiger charge is 2.20. The van der Waals surface area contributed by atoms with E-state index in [1.54, 1.807) is 18.2 Å². The number of anilines is 1. The average molecular weight is 403 g/mol. The molecule has 28 heavy (non-hydrogen) atoms. The molecule has 1 fully saturated rings. The zero-order valence-corrected chi connectivity index (χ0v) is 16.5. The highest BCUT2D eigenvalue weighted by atomic mass is 35.5. The maximum Gasteiger partial charge on any atom is 0.340 e. The molecule has 1 N–H and O–H groups in total. The summed E-state index contributed by atoms with van der Waals surface area (Å²) < 4.78 is 10.8. The fourth-order valence-corrected chi connectivity index (χ4v) is 3.07. The van der Waals surface area contributed by atoms with Crippen molar-refractivity contribution in [3.8, 4) is 5.75 Å². The summed E-state index contributed by atoms with van der Waals surface area (Å²) in [6.45, 7) is 4.99. The van der Waals surface area contributed by atoms with E-state index in [4.69, 9.17) is 21.1 Å². The van der Waals surface area contributed by atoms with Crippen LogP contribution in [0.5, 0.6) is 5.75 Å². The number of nitrogens with zero attached hydrogens (tertiary/aromatic N) is 2. The Morgan fingerprint density at radius 2 is 2.07 bits per heavy atom. The Kier molecular flexibility index (Phi) is 6.90. The van der Waals surface area contributed by atoms with Crippen molar-refractivity contribution < 1.29 is 19.4 Å². The van der Waals surface area contributed by atoms with Gasteiger partial charge in [0.15, 0.2) is 0 Å². The van der Waals surface area contributed by atoms with E-state index in [2.05, 4.69) is 9.89 Å². The van der Waals surface area contributed by atoms with Gasteiger partial charge in [-0.1, -0.05) is 18.5 Å². The van der Waals surface area contributed by atoms with E-state index in [1.807, 2.05) is 19.1 Å². The number of halogens is 1. The van der Waals surface area contributed by atoms with E-state index in [1.165, 1.54) is 12.3 Å². The van der Waals surface area contributed by atoms with Crippen LogP contribution in [0.3, 0.4) is 0 Å². The molecule has 0 amide bonds. The molecule has 0 aromatic heterocycles. The van der Waals surface area contributed by atoms with Gasteiger partial charge in [-0.3, -0.25) is 4.99 Å². The third-order valence-electron chi connectivity index (χ3n) is 4.33. The second-order valence-electron chi connectivity index (χ2n) is 6.40. The Morgan fingerprint density at radius 3 is 2.82 bits per heavy atom. The lowest BCUT2D eigenvalue weighted by molar-refractivity contribution is 0.0505. The molecule has 3 rings (SSSR count). The van der Waals surface area contributed by atoms with Gasteiger partial charge in [0.2, 0.25) is 0 Å². The highest BCUT2D eigenvalue weighted by Crippen LogP contribution is 2.28. The van der Waals surface area contributed by atoms with Crippen LogP contribution < -0.4 is 4.90 Å². The zero-order valence-electron chi connectivity index (χ0n) is 15.7. The SMILES string of the molecule is CCCOC(=O)c1cc(N=Cc2cc(Cl)ccc2O)ccc1N1CCOCC1. The first-order valence-corrected chi connectivity index (χ1v) is 9.62. The van der Waals surface area contributed by atoms with Crippen molar-refractivity contribution in [2.24, 2.45) is 4.99 Å². The molecule has 1 heterocycles. The Labute approximate surface area is 169 Å². The van der Waals surface area contributed by atoms with E-state index in [-0.39, 0.29) is 11.7 Å². The second-order valence-corrected chi connectivity index (χ2v) is 6.83. The zero-order chi connectivity index (χ0) is 19.9. The number of aromatic hydroxyl groups is 1. The lowest BCUT2D eigenvalue weighted by Gasteiger charge is -2.30. The highest BCUT2D eigenvalue weighted by molar-refractivity contribution is 6.30. The van der Waals surface area contributed by atoms with Crippen molar-refractivity contribution in [3.05, 3.63) is 52.5 Å². The van der Waals surface area contributed by atoms with Crippen LogP contribution in [0.25, 0.3) is 0 Å². The summed E-state index contributed by atoms with van der Waals surface area (Å²) in [6, 6.07) is 10.2. The number of phenolic OH excluding ortho intramolecular Hbond substituents is 1. The third-order valence-corrected chi connectivity index (χ3v) is 4.57. The van der Waals surface area contributed by atoms with Crippen LogP contribution in [-0.4, -0.2) is 50.2 Å². The van der Waals surface area contributed by atoms with Crippen molar-refractivity contribution in [2.75, 3.05) is 37.8 Å². The number of benzene rings is 2. The van der Waals surface area contributed by atoms with Gasteiger partial charge >= 0.3 is 5.97 Å². The Bertz CT molecular complexity index is 863. The van der Waals surface area contributed by atoms with E-state index in [0.29, 0.717) is 54.7 Å². The van der Waals surface area contributed by atoms with E-state index >= 15 is 0 Å². The van der Waals surface area contributed by atoms with Crippen LogP contribution in [0, 0.1) is 0 Å². The number of esters is 1. The molecule has 6 nitrogen and oxygen atoms in total. The minimum absolute atomic E-state index is 0.0839. The van der Waals surface area contributed by atoms with Crippen LogP contribution in [0.2, 0.25) is 5.02 Å². The largest absolute Gasteiger partial charge is 0.507 e. The quantitative estimate of drug-likeness (QED) is 0.579. The van der Waals surface area contributed by atoms with Crippen LogP contribution >= 0.6 is 11.6 Å². The number of morpholine rings is 1. The molecule has 0 aliphatic carbocycles. The number of hydrogen-bond acceptors (Lipinski definition) is 6. The first kappa shape index (κ1) is 20.2. The average Bonchev–Trinajstić information content (AvgIpc) is 2.73. The normalized spacial score (nSPS) is 14.4.